The van der Waals surface area contributed by atoms with E-state index >= 15 is 0 Å². The maximum absolute atomic E-state index is 5.22. The highest BCUT2D eigenvalue weighted by Crippen LogP contribution is 2.37. The number of pyridine rings is 1. The van der Waals surface area contributed by atoms with Crippen molar-refractivity contribution in [2.45, 2.75) is 0 Å². The lowest BCUT2D eigenvalue weighted by Gasteiger charge is -2.13. The van der Waals surface area contributed by atoms with Gasteiger partial charge in [-0.15, -0.1) is 0 Å². The van der Waals surface area contributed by atoms with Crippen LogP contribution in [0, 0.1) is 0 Å². The van der Waals surface area contributed by atoms with Gasteiger partial charge >= 0.3 is 0 Å². The van der Waals surface area contributed by atoms with E-state index in [1.807, 2.05) is 12.1 Å². The Morgan fingerprint density at radius 2 is 0.679 bits per heavy atom. The fourth-order valence-electron chi connectivity index (χ4n) is 7.59. The maximum Gasteiger partial charge on any atom is 0.160 e. The monoisotopic (exact) mass is 713 g/mol. The van der Waals surface area contributed by atoms with E-state index in [2.05, 4.69) is 200 Å². The average molecular weight is 714 g/mol. The molecule has 10 aromatic rings. The third kappa shape index (κ3) is 6.42. The Hall–Kier alpha value is -7.49. The van der Waals surface area contributed by atoms with Crippen LogP contribution >= 0.6 is 0 Å². The van der Waals surface area contributed by atoms with Crippen molar-refractivity contribution in [1.82, 2.24) is 15.0 Å². The summed E-state index contributed by atoms with van der Waals surface area (Å²) in [7, 11) is 0. The number of nitrogens with zero attached hydrogens (tertiary/aromatic N) is 3. The lowest BCUT2D eigenvalue weighted by molar-refractivity contribution is 1.18. The topological polar surface area (TPSA) is 38.7 Å². The van der Waals surface area contributed by atoms with Crippen LogP contribution in [0.3, 0.4) is 0 Å². The normalized spacial score (nSPS) is 11.2. The molecule has 2 heterocycles. The highest BCUT2D eigenvalue weighted by atomic mass is 14.9. The van der Waals surface area contributed by atoms with Crippen LogP contribution in [0.1, 0.15) is 0 Å². The molecule has 0 aliphatic rings. The van der Waals surface area contributed by atoms with Crippen molar-refractivity contribution < 1.29 is 0 Å². The summed E-state index contributed by atoms with van der Waals surface area (Å²) in [5.74, 6) is 0.672. The summed E-state index contributed by atoms with van der Waals surface area (Å²) in [6, 6.07) is 74.5. The summed E-state index contributed by atoms with van der Waals surface area (Å²) >= 11 is 0. The second-order valence-corrected chi connectivity index (χ2v) is 14.0. The van der Waals surface area contributed by atoms with Crippen molar-refractivity contribution in [3.8, 4) is 78.5 Å². The summed E-state index contributed by atoms with van der Waals surface area (Å²) in [5.41, 5.74) is 14.7. The zero-order valence-electron chi connectivity index (χ0n) is 30.5. The minimum Gasteiger partial charge on any atom is -0.248 e. The largest absolute Gasteiger partial charge is 0.248 e. The first-order valence-corrected chi connectivity index (χ1v) is 18.9. The van der Waals surface area contributed by atoms with E-state index in [0.29, 0.717) is 5.82 Å². The number of aromatic nitrogens is 3. The molecule has 3 nitrogen and oxygen atoms in total. The van der Waals surface area contributed by atoms with Gasteiger partial charge in [-0.1, -0.05) is 194 Å². The van der Waals surface area contributed by atoms with Gasteiger partial charge in [0.15, 0.2) is 5.82 Å². The summed E-state index contributed by atoms with van der Waals surface area (Å²) in [6.07, 6.45) is 0. The van der Waals surface area contributed by atoms with Crippen LogP contribution < -0.4 is 0 Å². The van der Waals surface area contributed by atoms with E-state index in [9.17, 15) is 0 Å². The molecular weight excluding hydrogens is 679 g/mol. The predicted octanol–water partition coefficient (Wildman–Crippen LogP) is 13.8. The molecule has 56 heavy (non-hydrogen) atoms. The second-order valence-electron chi connectivity index (χ2n) is 14.0. The first-order chi connectivity index (χ1) is 27.7. The molecule has 0 unspecified atom stereocenters. The van der Waals surface area contributed by atoms with Gasteiger partial charge in [-0.3, -0.25) is 0 Å². The molecule has 0 spiro atoms. The van der Waals surface area contributed by atoms with Crippen molar-refractivity contribution in [2.24, 2.45) is 0 Å². The van der Waals surface area contributed by atoms with Gasteiger partial charge in [0.05, 0.1) is 22.6 Å². The van der Waals surface area contributed by atoms with Crippen molar-refractivity contribution in [3.05, 3.63) is 212 Å². The Kier molecular flexibility index (Phi) is 8.51. The van der Waals surface area contributed by atoms with Crippen LogP contribution in [-0.2, 0) is 0 Å². The molecule has 0 fully saturated rings. The minimum atomic E-state index is 0.672. The number of hydrogen-bond donors (Lipinski definition) is 0. The standard InChI is InChI=1S/C53H35N3/c1-4-12-36(13-5-1)38-20-24-43(25-21-38)50-35-51(44-26-22-39(23-27-44)37-14-6-2-7-15-37)56-53(55-50)45-30-28-42(29-31-45)49-34-47(40-16-8-3-9-17-40)52-46-19-11-10-18-41(46)32-33-48(52)54-49/h1-35H. The van der Waals surface area contributed by atoms with E-state index < -0.39 is 0 Å². The Morgan fingerprint density at radius 1 is 0.268 bits per heavy atom. The van der Waals surface area contributed by atoms with Crippen molar-refractivity contribution in [2.75, 3.05) is 0 Å². The molecule has 0 amide bonds. The third-order valence-corrected chi connectivity index (χ3v) is 10.5. The Labute approximate surface area is 326 Å². The fraction of sp³-hybridized carbons (Fsp3) is 0. The van der Waals surface area contributed by atoms with E-state index in [1.165, 1.54) is 49.5 Å². The lowest BCUT2D eigenvalue weighted by atomic mass is 9.94. The molecule has 0 radical (unpaired) electrons. The third-order valence-electron chi connectivity index (χ3n) is 10.5. The van der Waals surface area contributed by atoms with Gasteiger partial charge in [0.1, 0.15) is 0 Å². The molecule has 10 rings (SSSR count). The molecule has 0 aliphatic carbocycles. The van der Waals surface area contributed by atoms with Crippen LogP contribution in [0.4, 0.5) is 0 Å². The van der Waals surface area contributed by atoms with Crippen LogP contribution in [0.25, 0.3) is 100 Å². The SMILES string of the molecule is c1ccc(-c2ccc(-c3cc(-c4ccc(-c5ccccc5)cc4)nc(-c4ccc(-c5cc(-c6ccccc6)c6c(ccc7ccccc76)n5)cc4)n3)cc2)cc1. The summed E-state index contributed by atoms with van der Waals surface area (Å²) in [4.78, 5) is 15.6. The van der Waals surface area contributed by atoms with Gasteiger partial charge in [0.2, 0.25) is 0 Å². The summed E-state index contributed by atoms with van der Waals surface area (Å²) < 4.78 is 0. The van der Waals surface area contributed by atoms with E-state index in [-0.39, 0.29) is 0 Å². The zero-order chi connectivity index (χ0) is 37.3. The quantitative estimate of drug-likeness (QED) is 0.154. The van der Waals surface area contributed by atoms with Crippen LogP contribution in [0.15, 0.2) is 212 Å². The first kappa shape index (κ1) is 33.1. The molecule has 8 aromatic carbocycles. The highest BCUT2D eigenvalue weighted by molar-refractivity contribution is 6.13. The molecule has 262 valence electrons. The summed E-state index contributed by atoms with van der Waals surface area (Å²) in [6.45, 7) is 0. The molecule has 3 heteroatoms. The first-order valence-electron chi connectivity index (χ1n) is 18.9. The molecule has 0 N–H and O–H groups in total. The molecule has 0 atom stereocenters. The maximum atomic E-state index is 5.22. The lowest BCUT2D eigenvalue weighted by Crippen LogP contribution is -1.96. The molecule has 2 aromatic heterocycles. The van der Waals surface area contributed by atoms with E-state index in [4.69, 9.17) is 15.0 Å². The van der Waals surface area contributed by atoms with Crippen LogP contribution in [0.2, 0.25) is 0 Å². The van der Waals surface area contributed by atoms with Gasteiger partial charge in [-0.05, 0) is 62.4 Å². The number of rotatable bonds is 7. The highest BCUT2D eigenvalue weighted by Gasteiger charge is 2.15. The molecule has 0 saturated carbocycles. The number of benzene rings is 8. The Balaban J connectivity index is 1.06. The Morgan fingerprint density at radius 3 is 1.21 bits per heavy atom. The number of fused-ring (bicyclic) bond motifs is 3. The van der Waals surface area contributed by atoms with Crippen molar-refractivity contribution in [3.63, 3.8) is 0 Å². The smallest absolute Gasteiger partial charge is 0.160 e. The van der Waals surface area contributed by atoms with Gasteiger partial charge < -0.3 is 0 Å². The minimum absolute atomic E-state index is 0.672. The van der Waals surface area contributed by atoms with Crippen LogP contribution in [0.5, 0.6) is 0 Å². The second kappa shape index (κ2) is 14.4. The van der Waals surface area contributed by atoms with Gasteiger partial charge in [0.25, 0.3) is 0 Å². The van der Waals surface area contributed by atoms with Crippen molar-refractivity contribution >= 4 is 21.7 Å². The molecule has 0 saturated heterocycles. The van der Waals surface area contributed by atoms with Gasteiger partial charge in [-0.2, -0.15) is 0 Å². The van der Waals surface area contributed by atoms with Gasteiger partial charge in [0, 0.05) is 27.6 Å². The molecule has 0 bridgehead atoms. The summed E-state index contributed by atoms with van der Waals surface area (Å²) in [5, 5.41) is 3.58. The van der Waals surface area contributed by atoms with E-state index in [0.717, 1.165) is 44.9 Å². The van der Waals surface area contributed by atoms with Gasteiger partial charge in [-0.25, -0.2) is 15.0 Å². The van der Waals surface area contributed by atoms with Crippen LogP contribution in [-0.4, -0.2) is 15.0 Å². The Bertz CT molecular complexity index is 2860. The van der Waals surface area contributed by atoms with Crippen molar-refractivity contribution in [1.29, 1.82) is 0 Å². The van der Waals surface area contributed by atoms with E-state index in [1.54, 1.807) is 0 Å². The number of hydrogen-bond acceptors (Lipinski definition) is 3. The molecular formula is C53H35N3. The fourth-order valence-corrected chi connectivity index (χ4v) is 7.59. The average Bonchev–Trinajstić information content (AvgIpc) is 3.29. The predicted molar refractivity (Wildman–Crippen MR) is 233 cm³/mol. The zero-order valence-corrected chi connectivity index (χ0v) is 30.5. The molecule has 0 aliphatic heterocycles.